The summed E-state index contributed by atoms with van der Waals surface area (Å²) in [6.45, 7) is 9.66. The van der Waals surface area contributed by atoms with E-state index in [4.69, 9.17) is 0 Å². The molecule has 0 aliphatic rings. The Morgan fingerprint density at radius 2 is 1.83 bits per heavy atom. The summed E-state index contributed by atoms with van der Waals surface area (Å²) >= 11 is 3.11. The summed E-state index contributed by atoms with van der Waals surface area (Å²) < 4.78 is 1.17. The van der Waals surface area contributed by atoms with Crippen LogP contribution in [-0.2, 0) is 24.3 Å². The number of nitrogens with one attached hydrogen (secondary N) is 2. The molecule has 0 saturated carbocycles. The van der Waals surface area contributed by atoms with Crippen LogP contribution in [0.2, 0.25) is 0 Å². The summed E-state index contributed by atoms with van der Waals surface area (Å²) in [5.41, 5.74) is 1.61. The molecule has 0 amide bonds. The fourth-order valence-corrected chi connectivity index (χ4v) is 3.89. The molecule has 0 aliphatic heterocycles. The molecule has 0 fully saturated rings. The van der Waals surface area contributed by atoms with Crippen LogP contribution in [-0.4, -0.2) is 35.1 Å². The predicted octanol–water partition coefficient (Wildman–Crippen LogP) is 2.91. The zero-order chi connectivity index (χ0) is 18.2. The van der Waals surface area contributed by atoms with Crippen molar-refractivity contribution in [3.05, 3.63) is 35.9 Å². The third kappa shape index (κ3) is 9.17. The van der Waals surface area contributed by atoms with Crippen molar-refractivity contribution in [1.82, 2.24) is 10.6 Å². The molecule has 0 aromatic heterocycles. The standard InChI is InChI=1S/C20H34N2O.Rh/c1-16(13-20(2,3)4)22-14-18(12-19(23)15-21-5)11-17-9-7-6-8-10-17;/h6-10,16,18-19,21-23H,11-13,15H2,1-5H3;/t16-,18-,19+;/m1./s1. The molecule has 3 atom stereocenters. The van der Waals surface area contributed by atoms with Crippen molar-refractivity contribution in [1.29, 1.82) is 0 Å². The monoisotopic (exact) mass is 421 g/mol. The Kier molecular flexibility index (Phi) is 9.51. The van der Waals surface area contributed by atoms with Crippen LogP contribution in [0.4, 0.5) is 0 Å². The van der Waals surface area contributed by atoms with E-state index in [1.807, 2.05) is 13.1 Å². The molecule has 0 aliphatic carbocycles. The second-order valence-electron chi connectivity index (χ2n) is 7.97. The number of rotatable bonds is 10. The van der Waals surface area contributed by atoms with Crippen LogP contribution >= 0.6 is 0 Å². The van der Waals surface area contributed by atoms with Gasteiger partial charge in [-0.05, 0) is 0 Å². The van der Waals surface area contributed by atoms with Crippen LogP contribution < -0.4 is 10.6 Å². The number of aliphatic hydroxyl groups is 1. The van der Waals surface area contributed by atoms with Gasteiger partial charge in [0.15, 0.2) is 0 Å². The SMILES string of the molecule is CNC[C@@H](O)C[C@@H](Cc1ccccc1)[C](=[Rh])N[C@H](C)CC(C)(C)C. The molecule has 1 rings (SSSR count). The van der Waals surface area contributed by atoms with Crippen molar-refractivity contribution in [3.63, 3.8) is 0 Å². The Hall–Kier alpha value is -0.407. The minimum atomic E-state index is -0.339. The molecule has 0 spiro atoms. The zero-order valence-electron chi connectivity index (χ0n) is 15.7. The van der Waals surface area contributed by atoms with Gasteiger partial charge in [0, 0.05) is 0 Å². The molecule has 0 unspecified atom stereocenters. The van der Waals surface area contributed by atoms with Gasteiger partial charge in [-0.1, -0.05) is 0 Å². The van der Waals surface area contributed by atoms with Crippen LogP contribution in [0.25, 0.3) is 0 Å². The number of hydrogen-bond acceptors (Lipinski definition) is 3. The Labute approximate surface area is 157 Å². The maximum absolute atomic E-state index is 10.3. The molecule has 3 nitrogen and oxygen atoms in total. The van der Waals surface area contributed by atoms with Crippen molar-refractivity contribution in [2.24, 2.45) is 11.3 Å². The predicted molar refractivity (Wildman–Crippen MR) is 99.9 cm³/mol. The molecule has 0 heterocycles. The molecular weight excluding hydrogens is 387 g/mol. The average Bonchev–Trinajstić information content (AvgIpc) is 2.45. The van der Waals surface area contributed by atoms with Gasteiger partial charge in [-0.2, -0.15) is 0 Å². The van der Waals surface area contributed by atoms with Crippen molar-refractivity contribution in [2.45, 2.75) is 59.1 Å². The fraction of sp³-hybridized carbons (Fsp3) is 0.650. The van der Waals surface area contributed by atoms with Crippen molar-refractivity contribution >= 4 is 4.23 Å². The first-order chi connectivity index (χ1) is 11.2. The molecule has 139 valence electrons. The molecule has 1 aromatic carbocycles. The zero-order valence-corrected chi connectivity index (χ0v) is 17.4. The summed E-state index contributed by atoms with van der Waals surface area (Å²) in [6, 6.07) is 10.9. The second-order valence-corrected chi connectivity index (χ2v) is 8.85. The second kappa shape index (κ2) is 10.6. The van der Waals surface area contributed by atoms with E-state index >= 15 is 0 Å². The van der Waals surface area contributed by atoms with Crippen LogP contribution in [0.5, 0.6) is 0 Å². The van der Waals surface area contributed by atoms with E-state index in [0.29, 0.717) is 18.0 Å². The summed E-state index contributed by atoms with van der Waals surface area (Å²) in [7, 11) is 1.88. The third-order valence-corrected chi connectivity index (χ3v) is 4.86. The number of benzene rings is 1. The third-order valence-electron chi connectivity index (χ3n) is 3.96. The molecule has 0 bridgehead atoms. The quantitative estimate of drug-likeness (QED) is 0.509. The Balaban J connectivity index is 2.73. The van der Waals surface area contributed by atoms with Gasteiger partial charge < -0.3 is 0 Å². The topological polar surface area (TPSA) is 44.3 Å². The van der Waals surface area contributed by atoms with Gasteiger partial charge in [0.1, 0.15) is 0 Å². The first-order valence-corrected chi connectivity index (χ1v) is 9.66. The minimum absolute atomic E-state index is 0.283. The van der Waals surface area contributed by atoms with E-state index in [0.717, 1.165) is 19.3 Å². The van der Waals surface area contributed by atoms with E-state index < -0.39 is 0 Å². The normalized spacial score (nSPS) is 15.8. The van der Waals surface area contributed by atoms with E-state index in [9.17, 15) is 5.11 Å². The Bertz CT molecular complexity index is 484. The molecule has 0 radical (unpaired) electrons. The number of likely N-dealkylation sites (N-methyl/N-ethyl adjacent to an activating group) is 1. The fourth-order valence-electron chi connectivity index (χ4n) is 3.12. The number of hydrogen-bond donors (Lipinski definition) is 3. The van der Waals surface area contributed by atoms with Gasteiger partial charge >= 0.3 is 158 Å². The summed E-state index contributed by atoms with van der Waals surface area (Å²) in [6.07, 6.45) is 2.45. The molecule has 1 aromatic rings. The van der Waals surface area contributed by atoms with Gasteiger partial charge in [0.25, 0.3) is 0 Å². The number of aliphatic hydroxyl groups excluding tert-OH is 1. The first kappa shape index (κ1) is 21.6. The van der Waals surface area contributed by atoms with E-state index in [1.54, 1.807) is 0 Å². The molecular formula is C20H34N2ORh. The molecule has 3 N–H and O–H groups in total. The van der Waals surface area contributed by atoms with E-state index in [2.05, 4.69) is 80.4 Å². The maximum atomic E-state index is 10.3. The van der Waals surface area contributed by atoms with Gasteiger partial charge in [-0.3, -0.25) is 0 Å². The summed E-state index contributed by atoms with van der Waals surface area (Å²) in [5, 5.41) is 17.0. The van der Waals surface area contributed by atoms with Gasteiger partial charge in [0.05, 0.1) is 0 Å². The first-order valence-electron chi connectivity index (χ1n) is 8.84. The van der Waals surface area contributed by atoms with E-state index in [1.165, 1.54) is 9.79 Å². The van der Waals surface area contributed by atoms with Crippen LogP contribution in [0.15, 0.2) is 30.3 Å². The summed E-state index contributed by atoms with van der Waals surface area (Å²) in [5.74, 6) is 0.283. The van der Waals surface area contributed by atoms with Crippen LogP contribution in [0.3, 0.4) is 0 Å². The van der Waals surface area contributed by atoms with Crippen LogP contribution in [0, 0.1) is 11.3 Å². The van der Waals surface area contributed by atoms with Gasteiger partial charge in [0.2, 0.25) is 0 Å². The van der Waals surface area contributed by atoms with Crippen molar-refractivity contribution in [2.75, 3.05) is 13.6 Å². The van der Waals surface area contributed by atoms with Gasteiger partial charge in [-0.15, -0.1) is 0 Å². The van der Waals surface area contributed by atoms with Gasteiger partial charge in [-0.25, -0.2) is 0 Å². The molecule has 24 heavy (non-hydrogen) atoms. The molecule has 0 saturated heterocycles. The van der Waals surface area contributed by atoms with Crippen molar-refractivity contribution in [3.8, 4) is 0 Å². The molecule has 4 heteroatoms. The van der Waals surface area contributed by atoms with E-state index in [-0.39, 0.29) is 12.0 Å². The Morgan fingerprint density at radius 3 is 2.38 bits per heavy atom. The average molecular weight is 421 g/mol. The van der Waals surface area contributed by atoms with Crippen molar-refractivity contribution < 1.29 is 23.0 Å². The Morgan fingerprint density at radius 1 is 1.21 bits per heavy atom. The summed E-state index contributed by atoms with van der Waals surface area (Å²) in [4.78, 5) is 0. The van der Waals surface area contributed by atoms with Crippen LogP contribution in [0.1, 0.15) is 46.1 Å².